The summed E-state index contributed by atoms with van der Waals surface area (Å²) >= 11 is 0. The fourth-order valence-electron chi connectivity index (χ4n) is 6.46. The molecule has 4 N–H and O–H groups in total. The van der Waals surface area contributed by atoms with Gasteiger partial charge in [-0.25, -0.2) is 0 Å². The number of unbranched alkanes of at least 4 members (excludes halogenated alkanes) is 16. The Hall–Kier alpha value is -2.11. The van der Waals surface area contributed by atoms with Gasteiger partial charge in [0.15, 0.2) is 6.29 Å². The van der Waals surface area contributed by atoms with Gasteiger partial charge < -0.3 is 39.4 Å². The van der Waals surface area contributed by atoms with Crippen molar-refractivity contribution in [3.8, 4) is 0 Å². The lowest BCUT2D eigenvalue weighted by Gasteiger charge is -2.39. The van der Waals surface area contributed by atoms with Crippen LogP contribution in [0.5, 0.6) is 0 Å². The van der Waals surface area contributed by atoms with Crippen molar-refractivity contribution in [1.82, 2.24) is 0 Å². The normalized spacial score (nSPS) is 21.1. The lowest BCUT2D eigenvalue weighted by atomic mass is 9.99. The Balaban J connectivity index is 2.14. The Labute approximate surface area is 341 Å². The highest BCUT2D eigenvalue weighted by Gasteiger charge is 2.44. The van der Waals surface area contributed by atoms with Gasteiger partial charge >= 0.3 is 5.97 Å². The van der Waals surface area contributed by atoms with Crippen LogP contribution in [0.2, 0.25) is 0 Å². The molecule has 0 aliphatic carbocycles. The van der Waals surface area contributed by atoms with E-state index in [0.717, 1.165) is 64.2 Å². The van der Waals surface area contributed by atoms with Crippen molar-refractivity contribution in [1.29, 1.82) is 0 Å². The first-order valence-electron chi connectivity index (χ1n) is 22.4. The predicted molar refractivity (Wildman–Crippen MR) is 228 cm³/mol. The quantitative estimate of drug-likeness (QED) is 0.0276. The van der Waals surface area contributed by atoms with Gasteiger partial charge in [-0.3, -0.25) is 4.79 Å². The van der Waals surface area contributed by atoms with Crippen LogP contribution in [0.15, 0.2) is 60.8 Å². The fourth-order valence-corrected chi connectivity index (χ4v) is 6.46. The van der Waals surface area contributed by atoms with Crippen LogP contribution in [-0.2, 0) is 23.7 Å². The maximum Gasteiger partial charge on any atom is 0.306 e. The van der Waals surface area contributed by atoms with Crippen molar-refractivity contribution in [3.05, 3.63) is 60.8 Å². The van der Waals surface area contributed by atoms with Crippen LogP contribution in [0.25, 0.3) is 0 Å². The van der Waals surface area contributed by atoms with Gasteiger partial charge in [-0.2, -0.15) is 0 Å². The molecule has 0 radical (unpaired) electrons. The summed E-state index contributed by atoms with van der Waals surface area (Å²) in [5.41, 5.74) is 0. The second-order valence-corrected chi connectivity index (χ2v) is 15.1. The van der Waals surface area contributed by atoms with E-state index in [1.807, 2.05) is 0 Å². The maximum absolute atomic E-state index is 12.6. The van der Waals surface area contributed by atoms with Crippen molar-refractivity contribution < 1.29 is 44.2 Å². The minimum absolute atomic E-state index is 0.116. The number of carbonyl (C=O) groups excluding carboxylic acids is 1. The highest BCUT2D eigenvalue weighted by atomic mass is 16.7. The van der Waals surface area contributed by atoms with Gasteiger partial charge in [0.05, 0.1) is 19.8 Å². The van der Waals surface area contributed by atoms with E-state index < -0.39 is 43.4 Å². The zero-order valence-electron chi connectivity index (χ0n) is 35.4. The summed E-state index contributed by atoms with van der Waals surface area (Å²) in [4.78, 5) is 12.6. The molecule has 0 aromatic heterocycles. The molecule has 6 atom stereocenters. The molecule has 1 fully saturated rings. The number of carbonyl (C=O) groups is 1. The monoisotopic (exact) mass is 791 g/mol. The Morgan fingerprint density at radius 1 is 0.589 bits per heavy atom. The molecule has 0 spiro atoms. The minimum atomic E-state index is -1.54. The zero-order chi connectivity index (χ0) is 40.7. The van der Waals surface area contributed by atoms with Gasteiger partial charge in [0.1, 0.15) is 30.5 Å². The molecule has 9 nitrogen and oxygen atoms in total. The summed E-state index contributed by atoms with van der Waals surface area (Å²) in [6.45, 7) is 4.38. The molecule has 0 aromatic rings. The number of ether oxygens (including phenoxy) is 4. The molecule has 0 amide bonds. The highest BCUT2D eigenvalue weighted by Crippen LogP contribution is 2.22. The minimum Gasteiger partial charge on any atom is -0.457 e. The standard InChI is InChI=1S/C47H82O9/c1-3-5-7-9-11-12-13-14-15-16-17-18-19-20-21-22-23-24-25-26-27-28-29-31-33-35-37-53-39-41(55-43(49)36-34-32-30-10-8-6-4-2)40-54-47-46(52)45(51)44(50)42(38-48)56-47/h5,7,11-12,14-15,17-18,20-21,41-42,44-48,50-52H,3-4,6,8-10,13,16,19,22-40H2,1-2H3/b7-5-,12-11-,15-14-,18-17-,21-20-. The van der Waals surface area contributed by atoms with Crippen LogP contribution >= 0.6 is 0 Å². The topological polar surface area (TPSA) is 135 Å². The summed E-state index contributed by atoms with van der Waals surface area (Å²) < 4.78 is 22.7. The second kappa shape index (κ2) is 38.4. The van der Waals surface area contributed by atoms with Gasteiger partial charge in [-0.05, 0) is 57.8 Å². The van der Waals surface area contributed by atoms with Gasteiger partial charge in [0.2, 0.25) is 0 Å². The molecule has 1 rings (SSSR count). The molecule has 9 heteroatoms. The van der Waals surface area contributed by atoms with Crippen molar-refractivity contribution in [2.24, 2.45) is 0 Å². The molecular formula is C47H82O9. The lowest BCUT2D eigenvalue weighted by Crippen LogP contribution is -2.59. The Kier molecular flexibility index (Phi) is 35.6. The zero-order valence-corrected chi connectivity index (χ0v) is 35.4. The van der Waals surface area contributed by atoms with Crippen molar-refractivity contribution in [2.45, 2.75) is 205 Å². The molecule has 1 aliphatic heterocycles. The molecule has 56 heavy (non-hydrogen) atoms. The fraction of sp³-hybridized carbons (Fsp3) is 0.766. The molecule has 324 valence electrons. The Morgan fingerprint density at radius 3 is 1.64 bits per heavy atom. The number of aliphatic hydroxyl groups is 4. The largest absolute Gasteiger partial charge is 0.457 e. The predicted octanol–water partition coefficient (Wildman–Crippen LogP) is 9.91. The summed E-state index contributed by atoms with van der Waals surface area (Å²) in [5.74, 6) is -0.324. The maximum atomic E-state index is 12.6. The van der Waals surface area contributed by atoms with E-state index in [0.29, 0.717) is 13.0 Å². The molecule has 1 aliphatic rings. The van der Waals surface area contributed by atoms with Gasteiger partial charge in [0.25, 0.3) is 0 Å². The van der Waals surface area contributed by atoms with Crippen LogP contribution < -0.4 is 0 Å². The average Bonchev–Trinajstić information content (AvgIpc) is 3.20. The van der Waals surface area contributed by atoms with Gasteiger partial charge in [-0.15, -0.1) is 0 Å². The first-order chi connectivity index (χ1) is 27.4. The molecular weight excluding hydrogens is 709 g/mol. The van der Waals surface area contributed by atoms with Gasteiger partial charge in [0, 0.05) is 13.0 Å². The number of hydrogen-bond acceptors (Lipinski definition) is 9. The van der Waals surface area contributed by atoms with Crippen LogP contribution in [0.1, 0.15) is 168 Å². The molecule has 0 aromatic carbocycles. The number of allylic oxidation sites excluding steroid dienone is 10. The van der Waals surface area contributed by atoms with E-state index in [9.17, 15) is 25.2 Å². The van der Waals surface area contributed by atoms with E-state index >= 15 is 0 Å². The van der Waals surface area contributed by atoms with Crippen LogP contribution in [0, 0.1) is 0 Å². The number of hydrogen-bond donors (Lipinski definition) is 4. The van der Waals surface area contributed by atoms with E-state index in [1.54, 1.807) is 0 Å². The van der Waals surface area contributed by atoms with Gasteiger partial charge in [-0.1, -0.05) is 164 Å². The summed E-state index contributed by atoms with van der Waals surface area (Å²) in [6.07, 6.45) is 41.3. The Bertz CT molecular complexity index is 1040. The molecule has 0 bridgehead atoms. The van der Waals surface area contributed by atoms with E-state index in [-0.39, 0.29) is 19.2 Å². The van der Waals surface area contributed by atoms with Crippen LogP contribution in [0.3, 0.4) is 0 Å². The van der Waals surface area contributed by atoms with Crippen molar-refractivity contribution >= 4 is 5.97 Å². The number of esters is 1. The third kappa shape index (κ3) is 29.2. The first-order valence-corrected chi connectivity index (χ1v) is 22.4. The van der Waals surface area contributed by atoms with Crippen molar-refractivity contribution in [2.75, 3.05) is 26.4 Å². The third-order valence-corrected chi connectivity index (χ3v) is 9.95. The average molecular weight is 791 g/mol. The Morgan fingerprint density at radius 2 is 1.09 bits per heavy atom. The molecule has 6 unspecified atom stereocenters. The molecule has 1 saturated heterocycles. The van der Waals surface area contributed by atoms with E-state index in [1.165, 1.54) is 83.5 Å². The number of rotatable bonds is 37. The molecule has 0 saturated carbocycles. The molecule has 1 heterocycles. The third-order valence-electron chi connectivity index (χ3n) is 9.95. The first kappa shape index (κ1) is 51.9. The highest BCUT2D eigenvalue weighted by molar-refractivity contribution is 5.69. The second-order valence-electron chi connectivity index (χ2n) is 15.1. The van der Waals surface area contributed by atoms with Crippen molar-refractivity contribution in [3.63, 3.8) is 0 Å². The summed E-state index contributed by atoms with van der Waals surface area (Å²) in [6, 6.07) is 0. The summed E-state index contributed by atoms with van der Waals surface area (Å²) in [7, 11) is 0. The number of aliphatic hydroxyl groups excluding tert-OH is 4. The van der Waals surface area contributed by atoms with E-state index in [4.69, 9.17) is 18.9 Å². The summed E-state index contributed by atoms with van der Waals surface area (Å²) in [5, 5.41) is 40.0. The SMILES string of the molecule is CC/C=C\C/C=C\C/C=C\C/C=C\C/C=C\CCCCCCCCCCCCOCC(COC1OC(CO)C(O)C(O)C1O)OC(=O)CCCCCCCCC. The smallest absolute Gasteiger partial charge is 0.306 e. The van der Waals surface area contributed by atoms with E-state index in [2.05, 4.69) is 74.6 Å². The lowest BCUT2D eigenvalue weighted by molar-refractivity contribution is -0.305. The van der Waals surface area contributed by atoms with Crippen LogP contribution in [-0.4, -0.2) is 89.6 Å². The van der Waals surface area contributed by atoms with Crippen LogP contribution in [0.4, 0.5) is 0 Å².